The van der Waals surface area contributed by atoms with Crippen molar-refractivity contribution in [1.29, 1.82) is 0 Å². The van der Waals surface area contributed by atoms with Gasteiger partial charge in [-0.25, -0.2) is 0 Å². The van der Waals surface area contributed by atoms with Gasteiger partial charge in [-0.2, -0.15) is 0 Å². The molecule has 1 fully saturated rings. The van der Waals surface area contributed by atoms with E-state index in [2.05, 4.69) is 5.32 Å². The van der Waals surface area contributed by atoms with Crippen LogP contribution in [0.4, 0.5) is 0 Å². The molecule has 1 rings (SSSR count). The zero-order valence-electron chi connectivity index (χ0n) is 10.7. The van der Waals surface area contributed by atoms with Crippen LogP contribution in [0.5, 0.6) is 0 Å². The molecule has 0 atom stereocenters. The fourth-order valence-corrected chi connectivity index (χ4v) is 2.20. The molecule has 5 nitrogen and oxygen atoms in total. The number of nitrogens with two attached hydrogens (primary N) is 1. The Labute approximate surface area is 103 Å². The average Bonchev–Trinajstić information content (AvgIpc) is 2.78. The van der Waals surface area contributed by atoms with Gasteiger partial charge in [0.15, 0.2) is 0 Å². The molecule has 0 aliphatic heterocycles. The average molecular weight is 244 g/mol. The Balaban J connectivity index is 2.15. The van der Waals surface area contributed by atoms with Crippen molar-refractivity contribution in [3.8, 4) is 0 Å². The predicted octanol–water partition coefficient (Wildman–Crippen LogP) is 0.427. The molecule has 1 amide bonds. The molecular formula is C12H24N2O3. The molecule has 0 unspecified atom stereocenters. The molecule has 0 spiro atoms. The van der Waals surface area contributed by atoms with Crippen LogP contribution in [-0.2, 0) is 14.3 Å². The predicted molar refractivity (Wildman–Crippen MR) is 65.7 cm³/mol. The van der Waals surface area contributed by atoms with E-state index in [1.54, 1.807) is 7.11 Å². The highest BCUT2D eigenvalue weighted by Gasteiger charge is 2.33. The van der Waals surface area contributed by atoms with E-state index in [9.17, 15) is 4.79 Å². The van der Waals surface area contributed by atoms with E-state index in [4.69, 9.17) is 15.2 Å². The van der Waals surface area contributed by atoms with Crippen LogP contribution in [0.15, 0.2) is 0 Å². The van der Waals surface area contributed by atoms with Gasteiger partial charge in [0.25, 0.3) is 0 Å². The maximum Gasteiger partial charge on any atom is 0.222 e. The Kier molecular flexibility index (Phi) is 6.47. The van der Waals surface area contributed by atoms with Crippen LogP contribution in [0.1, 0.15) is 32.1 Å². The first-order valence-electron chi connectivity index (χ1n) is 6.30. The molecule has 0 heterocycles. The van der Waals surface area contributed by atoms with Crippen molar-refractivity contribution in [2.24, 2.45) is 5.73 Å². The number of hydrogen-bond donors (Lipinski definition) is 2. The molecule has 0 aromatic rings. The minimum atomic E-state index is -0.149. The second-order valence-electron chi connectivity index (χ2n) is 4.59. The van der Waals surface area contributed by atoms with Crippen LogP contribution in [0.25, 0.3) is 0 Å². The molecule has 100 valence electrons. The highest BCUT2D eigenvalue weighted by Crippen LogP contribution is 2.28. The fourth-order valence-electron chi connectivity index (χ4n) is 2.20. The molecule has 17 heavy (non-hydrogen) atoms. The first-order chi connectivity index (χ1) is 8.22. The Morgan fingerprint density at radius 1 is 1.29 bits per heavy atom. The first kappa shape index (κ1) is 14.4. The number of nitrogens with one attached hydrogen (secondary N) is 1. The summed E-state index contributed by atoms with van der Waals surface area (Å²) in [5.41, 5.74) is 5.60. The number of carbonyl (C=O) groups excluding carboxylic acids is 1. The van der Waals surface area contributed by atoms with Gasteiger partial charge in [0, 0.05) is 20.1 Å². The third kappa shape index (κ3) is 5.02. The Morgan fingerprint density at radius 2 is 2.00 bits per heavy atom. The van der Waals surface area contributed by atoms with Gasteiger partial charge in [-0.05, 0) is 12.8 Å². The Bertz CT molecular complexity index is 228. The topological polar surface area (TPSA) is 73.6 Å². The second kappa shape index (κ2) is 7.63. The molecule has 1 aliphatic rings. The van der Waals surface area contributed by atoms with Gasteiger partial charge in [0.1, 0.15) is 0 Å². The van der Waals surface area contributed by atoms with Gasteiger partial charge >= 0.3 is 0 Å². The highest BCUT2D eigenvalue weighted by molar-refractivity contribution is 5.77. The number of ether oxygens (including phenoxy) is 2. The first-order valence-corrected chi connectivity index (χ1v) is 6.30. The van der Waals surface area contributed by atoms with Crippen LogP contribution in [0, 0.1) is 0 Å². The van der Waals surface area contributed by atoms with E-state index in [0.717, 1.165) is 25.7 Å². The SMILES string of the molecule is COCCOCCC(=O)NC1(CN)CCCC1. The number of methoxy groups -OCH3 is 1. The van der Waals surface area contributed by atoms with Crippen molar-refractivity contribution in [1.82, 2.24) is 5.32 Å². The standard InChI is InChI=1S/C12H24N2O3/c1-16-8-9-17-7-4-11(15)14-12(10-13)5-2-3-6-12/h2-10,13H2,1H3,(H,14,15). The molecule has 0 aromatic carbocycles. The lowest BCUT2D eigenvalue weighted by molar-refractivity contribution is -0.124. The van der Waals surface area contributed by atoms with Crippen LogP contribution >= 0.6 is 0 Å². The third-order valence-corrected chi connectivity index (χ3v) is 3.26. The Hall–Kier alpha value is -0.650. The zero-order valence-corrected chi connectivity index (χ0v) is 10.7. The summed E-state index contributed by atoms with van der Waals surface area (Å²) in [4.78, 5) is 11.7. The van der Waals surface area contributed by atoms with E-state index < -0.39 is 0 Å². The van der Waals surface area contributed by atoms with Gasteiger partial charge in [-0.1, -0.05) is 12.8 Å². The third-order valence-electron chi connectivity index (χ3n) is 3.26. The molecular weight excluding hydrogens is 220 g/mol. The van der Waals surface area contributed by atoms with Crippen molar-refractivity contribution in [2.75, 3.05) is 33.5 Å². The largest absolute Gasteiger partial charge is 0.382 e. The van der Waals surface area contributed by atoms with E-state index in [-0.39, 0.29) is 11.4 Å². The summed E-state index contributed by atoms with van der Waals surface area (Å²) in [7, 11) is 1.63. The van der Waals surface area contributed by atoms with Crippen LogP contribution < -0.4 is 11.1 Å². The summed E-state index contributed by atoms with van der Waals surface area (Å²) in [5, 5.41) is 3.06. The summed E-state index contributed by atoms with van der Waals surface area (Å²) < 4.78 is 10.1. The fraction of sp³-hybridized carbons (Fsp3) is 0.917. The zero-order chi connectivity index (χ0) is 12.6. The van der Waals surface area contributed by atoms with E-state index in [0.29, 0.717) is 32.8 Å². The molecule has 1 saturated carbocycles. The van der Waals surface area contributed by atoms with Crippen LogP contribution in [0.2, 0.25) is 0 Å². The minimum Gasteiger partial charge on any atom is -0.382 e. The van der Waals surface area contributed by atoms with E-state index >= 15 is 0 Å². The van der Waals surface area contributed by atoms with Crippen LogP contribution in [0.3, 0.4) is 0 Å². The summed E-state index contributed by atoms with van der Waals surface area (Å²) in [6.45, 7) is 2.07. The lowest BCUT2D eigenvalue weighted by Crippen LogP contribution is -2.51. The molecule has 0 aromatic heterocycles. The number of rotatable bonds is 8. The highest BCUT2D eigenvalue weighted by atomic mass is 16.5. The van der Waals surface area contributed by atoms with Crippen molar-refractivity contribution in [2.45, 2.75) is 37.6 Å². The minimum absolute atomic E-state index is 0.0368. The van der Waals surface area contributed by atoms with Gasteiger partial charge in [0.05, 0.1) is 25.4 Å². The molecule has 3 N–H and O–H groups in total. The van der Waals surface area contributed by atoms with Gasteiger partial charge in [-0.3, -0.25) is 4.79 Å². The smallest absolute Gasteiger partial charge is 0.222 e. The van der Waals surface area contributed by atoms with Gasteiger partial charge in [-0.15, -0.1) is 0 Å². The number of amides is 1. The van der Waals surface area contributed by atoms with Crippen molar-refractivity contribution < 1.29 is 14.3 Å². The Morgan fingerprint density at radius 3 is 2.59 bits per heavy atom. The summed E-state index contributed by atoms with van der Waals surface area (Å²) >= 11 is 0. The molecule has 1 aliphatic carbocycles. The van der Waals surface area contributed by atoms with Crippen LogP contribution in [-0.4, -0.2) is 44.9 Å². The summed E-state index contributed by atoms with van der Waals surface area (Å²) in [5.74, 6) is 0.0368. The van der Waals surface area contributed by atoms with Crippen molar-refractivity contribution in [3.63, 3.8) is 0 Å². The number of hydrogen-bond acceptors (Lipinski definition) is 4. The van der Waals surface area contributed by atoms with E-state index in [1.807, 2.05) is 0 Å². The molecule has 0 bridgehead atoms. The monoisotopic (exact) mass is 244 g/mol. The summed E-state index contributed by atoms with van der Waals surface area (Å²) in [6.07, 6.45) is 4.70. The van der Waals surface area contributed by atoms with E-state index in [1.165, 1.54) is 0 Å². The normalized spacial score (nSPS) is 18.2. The molecule has 5 heteroatoms. The second-order valence-corrected chi connectivity index (χ2v) is 4.59. The summed E-state index contributed by atoms with van der Waals surface area (Å²) in [6, 6.07) is 0. The maximum atomic E-state index is 11.7. The molecule has 0 saturated heterocycles. The van der Waals surface area contributed by atoms with Gasteiger partial charge < -0.3 is 20.5 Å². The van der Waals surface area contributed by atoms with Gasteiger partial charge in [0.2, 0.25) is 5.91 Å². The molecule has 0 radical (unpaired) electrons. The maximum absolute atomic E-state index is 11.7. The number of carbonyl (C=O) groups is 1. The lowest BCUT2D eigenvalue weighted by Gasteiger charge is -2.28. The quantitative estimate of drug-likeness (QED) is 0.607. The van der Waals surface area contributed by atoms with Crippen molar-refractivity contribution in [3.05, 3.63) is 0 Å². The lowest BCUT2D eigenvalue weighted by atomic mass is 9.98. The van der Waals surface area contributed by atoms with Crippen molar-refractivity contribution >= 4 is 5.91 Å².